The number of aryl methyl sites for hydroxylation is 1. The van der Waals surface area contributed by atoms with Crippen LogP contribution in [-0.2, 0) is 6.42 Å². The van der Waals surface area contributed by atoms with E-state index in [0.717, 1.165) is 44.2 Å². The van der Waals surface area contributed by atoms with Crippen LogP contribution < -0.4 is 10.2 Å². The molecule has 0 aliphatic carbocycles. The minimum atomic E-state index is 0.0503. The molecule has 1 atom stereocenters. The molecule has 24 heavy (non-hydrogen) atoms. The third kappa shape index (κ3) is 4.47. The van der Waals surface area contributed by atoms with Crippen molar-refractivity contribution >= 4 is 22.5 Å². The number of thiazole rings is 1. The molecule has 0 radical (unpaired) electrons. The summed E-state index contributed by atoms with van der Waals surface area (Å²) in [4.78, 5) is 20.9. The summed E-state index contributed by atoms with van der Waals surface area (Å²) in [6.07, 6.45) is 3.77. The lowest BCUT2D eigenvalue weighted by Crippen LogP contribution is -2.53. The van der Waals surface area contributed by atoms with Crippen molar-refractivity contribution in [3.05, 3.63) is 47.5 Å². The van der Waals surface area contributed by atoms with E-state index >= 15 is 0 Å². The lowest BCUT2D eigenvalue weighted by Gasteiger charge is -2.35. The van der Waals surface area contributed by atoms with Crippen molar-refractivity contribution in [1.82, 2.24) is 15.2 Å². The minimum Gasteiger partial charge on any atom is -0.345 e. The van der Waals surface area contributed by atoms with Gasteiger partial charge in [-0.25, -0.2) is 9.78 Å². The van der Waals surface area contributed by atoms with Crippen molar-refractivity contribution in [3.63, 3.8) is 0 Å². The number of hydrogen-bond donors (Lipinski definition) is 1. The lowest BCUT2D eigenvalue weighted by atomic mass is 10.1. The number of amides is 2. The molecule has 0 spiro atoms. The predicted octanol–water partition coefficient (Wildman–Crippen LogP) is 3.00. The zero-order valence-corrected chi connectivity index (χ0v) is 14.8. The van der Waals surface area contributed by atoms with E-state index in [4.69, 9.17) is 0 Å². The van der Waals surface area contributed by atoms with Gasteiger partial charge in [0.25, 0.3) is 0 Å². The highest BCUT2D eigenvalue weighted by atomic mass is 32.1. The van der Waals surface area contributed by atoms with Gasteiger partial charge < -0.3 is 15.1 Å². The number of nitrogens with one attached hydrogen (secondary N) is 1. The molecule has 1 N–H and O–H groups in total. The van der Waals surface area contributed by atoms with Crippen LogP contribution in [0.5, 0.6) is 0 Å². The Bertz CT molecular complexity index is 624. The van der Waals surface area contributed by atoms with Crippen molar-refractivity contribution < 1.29 is 4.79 Å². The summed E-state index contributed by atoms with van der Waals surface area (Å²) in [5.74, 6) is 0. The second-order valence-electron chi connectivity index (χ2n) is 6.16. The van der Waals surface area contributed by atoms with Gasteiger partial charge >= 0.3 is 6.03 Å². The fourth-order valence-corrected chi connectivity index (χ4v) is 3.57. The van der Waals surface area contributed by atoms with Crippen molar-refractivity contribution in [1.29, 1.82) is 0 Å². The van der Waals surface area contributed by atoms with Crippen LogP contribution in [0.15, 0.2) is 41.9 Å². The van der Waals surface area contributed by atoms with Gasteiger partial charge in [-0.05, 0) is 25.3 Å². The molecule has 1 aromatic heterocycles. The van der Waals surface area contributed by atoms with Crippen molar-refractivity contribution in [2.24, 2.45) is 0 Å². The largest absolute Gasteiger partial charge is 0.345 e. The van der Waals surface area contributed by atoms with E-state index in [0.29, 0.717) is 0 Å². The molecular weight excluding hydrogens is 320 g/mol. The standard InChI is InChI=1S/C18H24N4OS/c1-15(7-8-16-5-3-2-4-6-16)20-17(23)21-10-12-22(13-11-21)18-19-9-14-24-18/h2-6,9,14-15H,7-8,10-13H2,1H3,(H,20,23). The summed E-state index contributed by atoms with van der Waals surface area (Å²) in [5, 5.41) is 6.16. The third-order valence-corrected chi connectivity index (χ3v) is 5.17. The average Bonchev–Trinajstić information content (AvgIpc) is 3.16. The quantitative estimate of drug-likeness (QED) is 0.907. The highest BCUT2D eigenvalue weighted by Gasteiger charge is 2.23. The summed E-state index contributed by atoms with van der Waals surface area (Å²) in [6, 6.07) is 10.6. The molecule has 6 heteroatoms. The van der Waals surface area contributed by atoms with E-state index in [1.54, 1.807) is 11.3 Å². The van der Waals surface area contributed by atoms with Gasteiger partial charge in [0.05, 0.1) is 0 Å². The van der Waals surface area contributed by atoms with Crippen molar-refractivity contribution in [3.8, 4) is 0 Å². The molecule has 1 aliphatic rings. The topological polar surface area (TPSA) is 48.5 Å². The number of aromatic nitrogens is 1. The summed E-state index contributed by atoms with van der Waals surface area (Å²) < 4.78 is 0. The molecule has 128 valence electrons. The first kappa shape index (κ1) is 16.8. The van der Waals surface area contributed by atoms with Gasteiger partial charge in [-0.15, -0.1) is 11.3 Å². The van der Waals surface area contributed by atoms with Crippen molar-refractivity contribution in [2.45, 2.75) is 25.8 Å². The fourth-order valence-electron chi connectivity index (χ4n) is 2.88. The zero-order chi connectivity index (χ0) is 16.8. The van der Waals surface area contributed by atoms with Crippen molar-refractivity contribution in [2.75, 3.05) is 31.1 Å². The number of carbonyl (C=O) groups is 1. The highest BCUT2D eigenvalue weighted by molar-refractivity contribution is 7.13. The number of rotatable bonds is 5. The third-order valence-electron chi connectivity index (χ3n) is 4.34. The molecular formula is C18H24N4OS. The van der Waals surface area contributed by atoms with E-state index in [1.807, 2.05) is 22.5 Å². The Labute approximate surface area is 147 Å². The minimum absolute atomic E-state index is 0.0503. The van der Waals surface area contributed by atoms with Gasteiger partial charge in [0.15, 0.2) is 5.13 Å². The molecule has 1 aromatic carbocycles. The molecule has 2 heterocycles. The molecule has 2 aromatic rings. The van der Waals surface area contributed by atoms with E-state index in [9.17, 15) is 4.79 Å². The maximum Gasteiger partial charge on any atom is 0.317 e. The van der Waals surface area contributed by atoms with Gasteiger partial charge in [0, 0.05) is 43.8 Å². The van der Waals surface area contributed by atoms with E-state index in [2.05, 4.69) is 46.4 Å². The van der Waals surface area contributed by atoms with Gasteiger partial charge in [-0.3, -0.25) is 0 Å². The molecule has 3 rings (SSSR count). The number of anilines is 1. The normalized spacial score (nSPS) is 16.0. The average molecular weight is 344 g/mol. The molecule has 1 aliphatic heterocycles. The van der Waals surface area contributed by atoms with Crippen LogP contribution in [0.4, 0.5) is 9.93 Å². The van der Waals surface area contributed by atoms with Crippen LogP contribution in [0, 0.1) is 0 Å². The van der Waals surface area contributed by atoms with Crippen LogP contribution in [0.3, 0.4) is 0 Å². The molecule has 0 bridgehead atoms. The second-order valence-corrected chi connectivity index (χ2v) is 7.04. The number of piperazine rings is 1. The first-order valence-corrected chi connectivity index (χ1v) is 9.34. The van der Waals surface area contributed by atoms with Gasteiger partial charge in [0.1, 0.15) is 0 Å². The number of carbonyl (C=O) groups excluding carboxylic acids is 1. The maximum atomic E-state index is 12.4. The zero-order valence-electron chi connectivity index (χ0n) is 14.0. The Kier molecular flexibility index (Phi) is 5.69. The van der Waals surface area contributed by atoms with E-state index in [-0.39, 0.29) is 12.1 Å². The summed E-state index contributed by atoms with van der Waals surface area (Å²) in [7, 11) is 0. The lowest BCUT2D eigenvalue weighted by molar-refractivity contribution is 0.190. The van der Waals surface area contributed by atoms with Crippen LogP contribution in [0.2, 0.25) is 0 Å². The number of nitrogens with zero attached hydrogens (tertiary/aromatic N) is 3. The monoisotopic (exact) mass is 344 g/mol. The SMILES string of the molecule is CC(CCc1ccccc1)NC(=O)N1CCN(c2nccs2)CC1. The molecule has 5 nitrogen and oxygen atoms in total. The number of benzene rings is 1. The van der Waals surface area contributed by atoms with Crippen LogP contribution in [0.25, 0.3) is 0 Å². The molecule has 1 saturated heterocycles. The van der Waals surface area contributed by atoms with Crippen LogP contribution in [-0.4, -0.2) is 48.1 Å². The summed E-state index contributed by atoms with van der Waals surface area (Å²) in [5.41, 5.74) is 1.32. The summed E-state index contributed by atoms with van der Waals surface area (Å²) in [6.45, 7) is 5.26. The molecule has 1 unspecified atom stereocenters. The molecule has 2 amide bonds. The predicted molar refractivity (Wildman–Crippen MR) is 98.7 cm³/mol. The first-order chi connectivity index (χ1) is 11.7. The fraction of sp³-hybridized carbons (Fsp3) is 0.444. The Hall–Kier alpha value is -2.08. The highest BCUT2D eigenvalue weighted by Crippen LogP contribution is 2.18. The smallest absolute Gasteiger partial charge is 0.317 e. The summed E-state index contributed by atoms with van der Waals surface area (Å²) >= 11 is 1.65. The van der Waals surface area contributed by atoms with Gasteiger partial charge in [-0.1, -0.05) is 30.3 Å². The number of urea groups is 1. The van der Waals surface area contributed by atoms with Gasteiger partial charge in [-0.2, -0.15) is 0 Å². The Morgan fingerprint density at radius 3 is 2.67 bits per heavy atom. The van der Waals surface area contributed by atoms with Crippen LogP contribution >= 0.6 is 11.3 Å². The molecule has 0 saturated carbocycles. The Morgan fingerprint density at radius 1 is 1.25 bits per heavy atom. The van der Waals surface area contributed by atoms with E-state index < -0.39 is 0 Å². The first-order valence-electron chi connectivity index (χ1n) is 8.46. The van der Waals surface area contributed by atoms with Crippen LogP contribution in [0.1, 0.15) is 18.9 Å². The number of hydrogen-bond acceptors (Lipinski definition) is 4. The van der Waals surface area contributed by atoms with E-state index in [1.165, 1.54) is 5.56 Å². The maximum absolute atomic E-state index is 12.4. The second kappa shape index (κ2) is 8.15. The van der Waals surface area contributed by atoms with Gasteiger partial charge in [0.2, 0.25) is 0 Å². The Morgan fingerprint density at radius 2 is 2.00 bits per heavy atom. The molecule has 1 fully saturated rings. The Balaban J connectivity index is 1.40.